The Kier molecular flexibility index (Phi) is 20.1. The van der Waals surface area contributed by atoms with Crippen molar-refractivity contribution in [2.75, 3.05) is 0 Å². The molecule has 5 heteroatoms. The zero-order valence-corrected chi connectivity index (χ0v) is 46.3. The van der Waals surface area contributed by atoms with Gasteiger partial charge in [0.05, 0.1) is 22.6 Å². The van der Waals surface area contributed by atoms with Crippen LogP contribution in [0.1, 0.15) is 22.3 Å². The van der Waals surface area contributed by atoms with Gasteiger partial charge in [-0.3, -0.25) is 0 Å². The zero-order valence-electron chi connectivity index (χ0n) is 40.0. The van der Waals surface area contributed by atoms with Gasteiger partial charge in [-0.1, -0.05) is 170 Å². The molecule has 73 heavy (non-hydrogen) atoms. The van der Waals surface area contributed by atoms with Crippen LogP contribution in [0.25, 0.3) is 0 Å². The summed E-state index contributed by atoms with van der Waals surface area (Å²) in [4.78, 5) is 0. The maximum atomic E-state index is 3.65. The Bertz CT molecular complexity index is 2900. The van der Waals surface area contributed by atoms with Gasteiger partial charge in [0, 0.05) is 43.3 Å². The minimum atomic E-state index is -1.23. The Hall–Kier alpha value is -7.15. The Morgan fingerprint density at radius 1 is 0.164 bits per heavy atom. The molecule has 0 fully saturated rings. The number of hydrogen-bond acceptors (Lipinski definition) is 0. The van der Waals surface area contributed by atoms with E-state index in [9.17, 15) is 0 Å². The molecular weight excluding hydrogens is 1140 g/mol. The molecule has 0 atom stereocenters. The van der Waals surface area contributed by atoms with Crippen molar-refractivity contribution in [2.45, 2.75) is 0 Å². The summed E-state index contributed by atoms with van der Waals surface area (Å²) in [5.41, 5.74) is 18.6. The first-order valence-corrected chi connectivity index (χ1v) is 29.9. The summed E-state index contributed by atoms with van der Waals surface area (Å²) in [5, 5.41) is 10.4. The molecule has 10 aromatic rings. The van der Waals surface area contributed by atoms with Gasteiger partial charge in [0.2, 0.25) is 0 Å². The number of hydrogen-bond donors (Lipinski definition) is 0. The molecule has 0 saturated carbocycles. The Balaban J connectivity index is 0.000000192. The second-order valence-electron chi connectivity index (χ2n) is 16.5. The fraction of sp³-hybridized carbons (Fsp3) is 0. The summed E-state index contributed by atoms with van der Waals surface area (Å²) < 4.78 is 0. The average Bonchev–Trinajstić information content (AvgIpc) is 3.46. The first-order chi connectivity index (χ1) is 35.8. The van der Waals surface area contributed by atoms with Crippen molar-refractivity contribution < 1.29 is 21.1 Å². The van der Waals surface area contributed by atoms with Crippen molar-refractivity contribution in [1.29, 1.82) is 0 Å². The van der Waals surface area contributed by atoms with E-state index in [-0.39, 0.29) is 21.1 Å². The molecule has 0 aromatic heterocycles. The van der Waals surface area contributed by atoms with Gasteiger partial charge >= 0.3 is 0 Å². The normalized spacial score (nSPS) is 10.1. The van der Waals surface area contributed by atoms with E-state index in [4.69, 9.17) is 0 Å². The van der Waals surface area contributed by atoms with E-state index < -0.39 is 31.7 Å². The van der Waals surface area contributed by atoms with Crippen LogP contribution in [0.15, 0.2) is 291 Å². The van der Waals surface area contributed by atoms with E-state index in [0.29, 0.717) is 0 Å². The van der Waals surface area contributed by atoms with Crippen LogP contribution in [0.5, 0.6) is 0 Å². The molecule has 0 saturated heterocycles. The molecule has 0 aliphatic heterocycles. The molecule has 0 aliphatic rings. The number of rotatable bonds is 8. The predicted molar refractivity (Wildman–Crippen MR) is 322 cm³/mol. The van der Waals surface area contributed by atoms with E-state index >= 15 is 0 Å². The van der Waals surface area contributed by atoms with Crippen LogP contribution in [0.2, 0.25) is 0 Å². The maximum absolute atomic E-state index is 3.65. The maximum Gasteiger partial charge on any atom is 0.144 e. The monoisotopic (exact) mass is 1190 g/mol. The van der Waals surface area contributed by atoms with Crippen molar-refractivity contribution in [3.63, 3.8) is 0 Å². The third kappa shape index (κ3) is 15.0. The molecule has 350 valence electrons. The summed E-state index contributed by atoms with van der Waals surface area (Å²) in [6.07, 6.45) is 0. The molecule has 0 amide bonds. The molecule has 0 bridgehead atoms. The SMILES string of the molecule is C(#C[PH+](c1ccccc1)c1ccccc1)c1ccccc1C#C[PH+](c1ccccc1)c1ccccc1.C(#C[PH+](c1ccccc1)c1ccccc1)c1ccccc1C#C[PH+](c1ccccc1)c1ccccc1.[Pt]. The van der Waals surface area contributed by atoms with Gasteiger partial charge in [-0.2, -0.15) is 0 Å². The van der Waals surface area contributed by atoms with Gasteiger partial charge in [0.1, 0.15) is 74.1 Å². The van der Waals surface area contributed by atoms with E-state index in [2.05, 4.69) is 313 Å². The van der Waals surface area contributed by atoms with Crippen LogP contribution >= 0.6 is 31.7 Å². The summed E-state index contributed by atoms with van der Waals surface area (Å²) in [6, 6.07) is 102. The summed E-state index contributed by atoms with van der Waals surface area (Å²) in [5.74, 6) is 14.1. The second-order valence-corrected chi connectivity index (χ2v) is 25.1. The minimum absolute atomic E-state index is 0. The fourth-order valence-electron chi connectivity index (χ4n) is 8.00. The molecule has 0 radical (unpaired) electrons. The number of benzene rings is 10. The summed E-state index contributed by atoms with van der Waals surface area (Å²) >= 11 is 0. The average molecular weight is 1190 g/mol. The third-order valence-corrected chi connectivity index (χ3v) is 20.4. The van der Waals surface area contributed by atoms with Crippen LogP contribution in [-0.4, -0.2) is 0 Å². The molecule has 0 nitrogen and oxygen atoms in total. The van der Waals surface area contributed by atoms with Gasteiger partial charge in [0.25, 0.3) is 0 Å². The van der Waals surface area contributed by atoms with Crippen LogP contribution in [-0.2, 0) is 21.1 Å². The van der Waals surface area contributed by atoms with E-state index in [0.717, 1.165) is 22.3 Å². The molecule has 0 unspecified atom stereocenters. The van der Waals surface area contributed by atoms with Crippen LogP contribution < -0.4 is 42.4 Å². The molecule has 10 rings (SSSR count). The van der Waals surface area contributed by atoms with Gasteiger partial charge in [-0.25, -0.2) is 0 Å². The van der Waals surface area contributed by atoms with Crippen LogP contribution in [0.3, 0.4) is 0 Å². The van der Waals surface area contributed by atoms with Crippen molar-refractivity contribution in [2.24, 2.45) is 0 Å². The molecule has 0 spiro atoms. The van der Waals surface area contributed by atoms with Gasteiger partial charge in [-0.15, -0.1) is 0 Å². The minimum Gasteiger partial charge on any atom is -0.0620 e. The van der Waals surface area contributed by atoms with E-state index in [1.54, 1.807) is 0 Å². The predicted octanol–water partition coefficient (Wildman–Crippen LogP) is 12.1. The largest absolute Gasteiger partial charge is 0.144 e. The van der Waals surface area contributed by atoms with E-state index in [1.807, 2.05) is 24.3 Å². The molecule has 0 N–H and O–H groups in total. The van der Waals surface area contributed by atoms with Gasteiger partial charge in [-0.05, 0) is 145 Å². The van der Waals surface area contributed by atoms with Crippen molar-refractivity contribution in [1.82, 2.24) is 0 Å². The first kappa shape index (κ1) is 52.2. The fourth-order valence-corrected chi connectivity index (χ4v) is 15.7. The molecule has 0 heterocycles. The third-order valence-electron chi connectivity index (χ3n) is 11.6. The standard InChI is InChI=1S/2C34H24P2.Pt/c2*1-5-17-31(18-6-1)35(32-19-7-2-8-20-32)27-25-29-15-13-14-16-30(29)26-28-36(33-21-9-3-10-22-33)34-23-11-4-12-24-34;/h2*1-24H;/p+4. The van der Waals surface area contributed by atoms with Gasteiger partial charge < -0.3 is 0 Å². The van der Waals surface area contributed by atoms with Crippen molar-refractivity contribution >= 4 is 74.1 Å². The van der Waals surface area contributed by atoms with Crippen LogP contribution in [0.4, 0.5) is 0 Å². The smallest absolute Gasteiger partial charge is 0.0620 e. The van der Waals surface area contributed by atoms with Crippen LogP contribution in [0, 0.1) is 46.3 Å². The summed E-state index contributed by atoms with van der Waals surface area (Å²) in [7, 11) is -4.93. The molecular formula is C68H52P4Pt+4. The topological polar surface area (TPSA) is 0 Å². The summed E-state index contributed by atoms with van der Waals surface area (Å²) in [6.45, 7) is 0. The zero-order chi connectivity index (χ0) is 48.8. The Morgan fingerprint density at radius 3 is 0.425 bits per heavy atom. The first-order valence-electron chi connectivity index (χ1n) is 23.9. The van der Waals surface area contributed by atoms with Gasteiger partial charge in [0.15, 0.2) is 0 Å². The van der Waals surface area contributed by atoms with Crippen molar-refractivity contribution in [3.8, 4) is 46.3 Å². The molecule has 0 aliphatic carbocycles. The van der Waals surface area contributed by atoms with Crippen molar-refractivity contribution in [3.05, 3.63) is 313 Å². The molecule has 10 aromatic carbocycles. The van der Waals surface area contributed by atoms with E-state index in [1.165, 1.54) is 42.4 Å². The Labute approximate surface area is 451 Å². The second kappa shape index (κ2) is 28.2. The quantitative estimate of drug-likeness (QED) is 0.105. The Morgan fingerprint density at radius 2 is 0.288 bits per heavy atom.